The molecule has 0 bridgehead atoms. The third kappa shape index (κ3) is 3.54. The molecule has 1 N–H and O–H groups in total. The summed E-state index contributed by atoms with van der Waals surface area (Å²) in [6.07, 6.45) is 2.86. The van der Waals surface area contributed by atoms with Crippen molar-refractivity contribution in [3.8, 4) is 5.75 Å². The highest BCUT2D eigenvalue weighted by Crippen LogP contribution is 2.30. The molecule has 130 valence electrons. The largest absolute Gasteiger partial charge is 0.493 e. The Morgan fingerprint density at radius 3 is 2.76 bits per heavy atom. The number of rotatable bonds is 4. The summed E-state index contributed by atoms with van der Waals surface area (Å²) in [5, 5.41) is 3.24. The van der Waals surface area contributed by atoms with E-state index in [1.807, 2.05) is 24.3 Å². The smallest absolute Gasteiger partial charge is 0.226 e. The van der Waals surface area contributed by atoms with Gasteiger partial charge < -0.3 is 14.8 Å². The van der Waals surface area contributed by atoms with Crippen LogP contribution < -0.4 is 10.1 Å². The SMILES string of the molecule is O=C(N[C@@H](c1ccccc1)c1ccc2c(c1)CCCO2)[C@@H]1CCOC1. The molecule has 2 aliphatic heterocycles. The molecule has 0 radical (unpaired) electrons. The minimum atomic E-state index is -0.151. The maximum Gasteiger partial charge on any atom is 0.226 e. The molecule has 4 nitrogen and oxygen atoms in total. The van der Waals surface area contributed by atoms with Gasteiger partial charge in [0.05, 0.1) is 25.2 Å². The van der Waals surface area contributed by atoms with Gasteiger partial charge in [0.25, 0.3) is 0 Å². The molecule has 1 fully saturated rings. The van der Waals surface area contributed by atoms with E-state index in [1.165, 1.54) is 5.56 Å². The second kappa shape index (κ2) is 7.28. The van der Waals surface area contributed by atoms with Crippen LogP contribution in [-0.4, -0.2) is 25.7 Å². The molecule has 1 saturated heterocycles. The lowest BCUT2D eigenvalue weighted by Crippen LogP contribution is -2.35. The van der Waals surface area contributed by atoms with Gasteiger partial charge in [-0.3, -0.25) is 4.79 Å². The summed E-state index contributed by atoms with van der Waals surface area (Å²) in [5.41, 5.74) is 3.41. The summed E-state index contributed by atoms with van der Waals surface area (Å²) in [4.78, 5) is 12.7. The molecule has 0 aromatic heterocycles. The number of carbonyl (C=O) groups is 1. The molecule has 4 rings (SSSR count). The number of aryl methyl sites for hydroxylation is 1. The first-order chi connectivity index (χ1) is 12.3. The number of fused-ring (bicyclic) bond motifs is 1. The van der Waals surface area contributed by atoms with Crippen molar-refractivity contribution in [1.29, 1.82) is 0 Å². The van der Waals surface area contributed by atoms with E-state index >= 15 is 0 Å². The molecule has 0 spiro atoms. The number of carbonyl (C=O) groups excluding carboxylic acids is 1. The quantitative estimate of drug-likeness (QED) is 0.932. The maximum absolute atomic E-state index is 12.7. The zero-order chi connectivity index (χ0) is 17.1. The Morgan fingerprint density at radius 1 is 1.08 bits per heavy atom. The third-order valence-corrected chi connectivity index (χ3v) is 4.99. The van der Waals surface area contributed by atoms with Gasteiger partial charge in [-0.15, -0.1) is 0 Å². The summed E-state index contributed by atoms with van der Waals surface area (Å²) in [7, 11) is 0. The minimum Gasteiger partial charge on any atom is -0.493 e. The van der Waals surface area contributed by atoms with E-state index in [-0.39, 0.29) is 17.9 Å². The van der Waals surface area contributed by atoms with E-state index in [0.717, 1.165) is 42.7 Å². The van der Waals surface area contributed by atoms with Gasteiger partial charge in [0.1, 0.15) is 5.75 Å². The van der Waals surface area contributed by atoms with Crippen LogP contribution in [0, 0.1) is 5.92 Å². The van der Waals surface area contributed by atoms with E-state index < -0.39 is 0 Å². The van der Waals surface area contributed by atoms with Crippen LogP contribution >= 0.6 is 0 Å². The second-order valence-electron chi connectivity index (χ2n) is 6.73. The normalized spacial score (nSPS) is 20.4. The summed E-state index contributed by atoms with van der Waals surface area (Å²) in [6, 6.07) is 16.3. The highest BCUT2D eigenvalue weighted by molar-refractivity contribution is 5.80. The summed E-state index contributed by atoms with van der Waals surface area (Å²) in [5.74, 6) is 0.991. The van der Waals surface area contributed by atoms with Crippen LogP contribution in [-0.2, 0) is 16.0 Å². The molecule has 1 amide bonds. The fourth-order valence-electron chi connectivity index (χ4n) is 3.57. The zero-order valence-electron chi connectivity index (χ0n) is 14.2. The first-order valence-electron chi connectivity index (χ1n) is 9.00. The molecule has 2 aromatic carbocycles. The van der Waals surface area contributed by atoms with Gasteiger partial charge in [0.2, 0.25) is 5.91 Å². The van der Waals surface area contributed by atoms with Gasteiger partial charge >= 0.3 is 0 Å². The second-order valence-corrected chi connectivity index (χ2v) is 6.73. The molecule has 0 aliphatic carbocycles. The Bertz CT molecular complexity index is 738. The van der Waals surface area contributed by atoms with Crippen LogP contribution in [0.3, 0.4) is 0 Å². The van der Waals surface area contributed by atoms with Gasteiger partial charge in [0.15, 0.2) is 0 Å². The molecule has 2 heterocycles. The monoisotopic (exact) mass is 337 g/mol. The van der Waals surface area contributed by atoms with E-state index in [4.69, 9.17) is 9.47 Å². The molecule has 0 unspecified atom stereocenters. The molecule has 0 saturated carbocycles. The minimum absolute atomic E-state index is 0.0489. The van der Waals surface area contributed by atoms with Crippen molar-refractivity contribution in [3.05, 3.63) is 65.2 Å². The standard InChI is InChI=1S/C21H23NO3/c23-21(18-10-12-24-14-18)22-20(15-5-2-1-3-6-15)17-8-9-19-16(13-17)7-4-11-25-19/h1-3,5-6,8-9,13,18,20H,4,7,10-12,14H2,(H,22,23)/t18-,20+/m1/s1. The summed E-state index contributed by atoms with van der Waals surface area (Å²) >= 11 is 0. The number of hydrogen-bond donors (Lipinski definition) is 1. The number of ether oxygens (including phenoxy) is 2. The van der Waals surface area contributed by atoms with Crippen molar-refractivity contribution in [2.24, 2.45) is 5.92 Å². The summed E-state index contributed by atoms with van der Waals surface area (Å²) < 4.78 is 11.1. The van der Waals surface area contributed by atoms with Gasteiger partial charge in [-0.2, -0.15) is 0 Å². The van der Waals surface area contributed by atoms with E-state index in [2.05, 4.69) is 29.6 Å². The van der Waals surface area contributed by atoms with Crippen molar-refractivity contribution in [1.82, 2.24) is 5.32 Å². The van der Waals surface area contributed by atoms with Crippen molar-refractivity contribution in [2.75, 3.05) is 19.8 Å². The fourth-order valence-corrected chi connectivity index (χ4v) is 3.57. The highest BCUT2D eigenvalue weighted by Gasteiger charge is 2.27. The number of nitrogens with one attached hydrogen (secondary N) is 1. The van der Waals surface area contributed by atoms with E-state index in [1.54, 1.807) is 0 Å². The van der Waals surface area contributed by atoms with Crippen molar-refractivity contribution in [3.63, 3.8) is 0 Å². The lowest BCUT2D eigenvalue weighted by molar-refractivity contribution is -0.125. The summed E-state index contributed by atoms with van der Waals surface area (Å²) in [6.45, 7) is 1.97. The predicted molar refractivity (Wildman–Crippen MR) is 95.6 cm³/mol. The molecule has 4 heteroatoms. The van der Waals surface area contributed by atoms with Crippen LogP contribution in [0.4, 0.5) is 0 Å². The lowest BCUT2D eigenvalue weighted by Gasteiger charge is -2.24. The van der Waals surface area contributed by atoms with E-state index in [9.17, 15) is 4.79 Å². The Hall–Kier alpha value is -2.33. The Labute approximate surface area is 148 Å². The van der Waals surface area contributed by atoms with Crippen LogP contribution in [0.2, 0.25) is 0 Å². The van der Waals surface area contributed by atoms with Crippen LogP contribution in [0.15, 0.2) is 48.5 Å². The number of amides is 1. The van der Waals surface area contributed by atoms with Gasteiger partial charge in [0, 0.05) is 6.61 Å². The lowest BCUT2D eigenvalue weighted by atomic mass is 9.94. The van der Waals surface area contributed by atoms with Gasteiger partial charge in [-0.25, -0.2) is 0 Å². The van der Waals surface area contributed by atoms with Gasteiger partial charge in [-0.05, 0) is 48.1 Å². The third-order valence-electron chi connectivity index (χ3n) is 4.99. The molecule has 2 atom stereocenters. The average Bonchev–Trinajstić information content (AvgIpc) is 3.21. The first kappa shape index (κ1) is 16.2. The van der Waals surface area contributed by atoms with Crippen molar-refractivity contribution < 1.29 is 14.3 Å². The van der Waals surface area contributed by atoms with Crippen molar-refractivity contribution in [2.45, 2.75) is 25.3 Å². The van der Waals surface area contributed by atoms with Crippen LogP contribution in [0.5, 0.6) is 5.75 Å². The molecule has 2 aromatic rings. The first-order valence-corrected chi connectivity index (χ1v) is 9.00. The van der Waals surface area contributed by atoms with Crippen LogP contribution in [0.1, 0.15) is 35.6 Å². The van der Waals surface area contributed by atoms with Gasteiger partial charge in [-0.1, -0.05) is 36.4 Å². The Kier molecular flexibility index (Phi) is 4.70. The zero-order valence-corrected chi connectivity index (χ0v) is 14.2. The highest BCUT2D eigenvalue weighted by atomic mass is 16.5. The fraction of sp³-hybridized carbons (Fsp3) is 0.381. The molecular formula is C21H23NO3. The predicted octanol–water partition coefficient (Wildman–Crippen LogP) is 3.25. The van der Waals surface area contributed by atoms with E-state index in [0.29, 0.717) is 13.2 Å². The average molecular weight is 337 g/mol. The van der Waals surface area contributed by atoms with Crippen LogP contribution in [0.25, 0.3) is 0 Å². The molecular weight excluding hydrogens is 314 g/mol. The Balaban J connectivity index is 1.64. The number of hydrogen-bond acceptors (Lipinski definition) is 3. The molecule has 25 heavy (non-hydrogen) atoms. The van der Waals surface area contributed by atoms with Crippen molar-refractivity contribution >= 4 is 5.91 Å². The molecule has 2 aliphatic rings. The maximum atomic E-state index is 12.7. The number of benzene rings is 2. The Morgan fingerprint density at radius 2 is 1.96 bits per heavy atom. The topological polar surface area (TPSA) is 47.6 Å².